The van der Waals surface area contributed by atoms with Crippen LogP contribution in [-0.2, 0) is 18.6 Å². The molecule has 2 heteroatoms. The molecule has 0 saturated carbocycles. The van der Waals surface area contributed by atoms with E-state index in [0.717, 1.165) is 16.6 Å². The van der Waals surface area contributed by atoms with Gasteiger partial charge in [0.2, 0.25) is 0 Å². The van der Waals surface area contributed by atoms with Gasteiger partial charge in [0.1, 0.15) is 0 Å². The van der Waals surface area contributed by atoms with Gasteiger partial charge in [-0.25, -0.2) is 11.1 Å². The van der Waals surface area contributed by atoms with Crippen LogP contribution in [0.3, 0.4) is 0 Å². The van der Waals surface area contributed by atoms with E-state index in [2.05, 4.69) is 53.5 Å². The largest absolute Gasteiger partial charge is 2.00 e. The van der Waals surface area contributed by atoms with Crippen LogP contribution in [0.2, 0.25) is 0 Å². The Balaban J connectivity index is 0.00000121. The van der Waals surface area contributed by atoms with E-state index in [1.165, 1.54) is 16.3 Å². The number of fused-ring (bicyclic) bond motifs is 3. The van der Waals surface area contributed by atoms with Crippen LogP contribution in [0.1, 0.15) is 0 Å². The molecular formula is C18H11NV. The normalized spacial score (nSPS) is 10.6. The van der Waals surface area contributed by atoms with Crippen molar-refractivity contribution in [3.8, 4) is 11.1 Å². The summed E-state index contributed by atoms with van der Waals surface area (Å²) in [5.74, 6) is 0. The maximum atomic E-state index is 3.45. The van der Waals surface area contributed by atoms with E-state index in [9.17, 15) is 0 Å². The van der Waals surface area contributed by atoms with E-state index >= 15 is 0 Å². The molecule has 0 bridgehead atoms. The van der Waals surface area contributed by atoms with Crippen LogP contribution in [0, 0.1) is 12.1 Å². The van der Waals surface area contributed by atoms with Crippen LogP contribution >= 0.6 is 0 Å². The molecule has 0 aliphatic heterocycles. The quantitative estimate of drug-likeness (QED) is 0.494. The first-order valence-electron chi connectivity index (χ1n) is 6.31. The number of H-pyrrole nitrogens is 1. The van der Waals surface area contributed by atoms with Gasteiger partial charge < -0.3 is 4.98 Å². The van der Waals surface area contributed by atoms with Crippen molar-refractivity contribution in [2.45, 2.75) is 0 Å². The number of hydrogen-bond donors (Lipinski definition) is 1. The zero-order valence-electron chi connectivity index (χ0n) is 10.7. The van der Waals surface area contributed by atoms with Gasteiger partial charge in [0.15, 0.2) is 0 Å². The second kappa shape index (κ2) is 5.20. The number of hydrogen-bond acceptors (Lipinski definition) is 0. The number of nitrogens with one attached hydrogen (secondary N) is 1. The van der Waals surface area contributed by atoms with Crippen molar-refractivity contribution < 1.29 is 18.6 Å². The summed E-state index contributed by atoms with van der Waals surface area (Å²) in [4.78, 5) is 3.45. The van der Waals surface area contributed by atoms with E-state index < -0.39 is 0 Å². The molecule has 93 valence electrons. The zero-order valence-corrected chi connectivity index (χ0v) is 12.1. The number of para-hydroxylation sites is 1. The Labute approximate surface area is 129 Å². The average molecular weight is 292 g/mol. The SMILES string of the molecule is [V+2].[c-]1ccccc1-c1[c-]cc2c(c1)[nH]c1ccccc12. The maximum absolute atomic E-state index is 3.45. The topological polar surface area (TPSA) is 15.8 Å². The van der Waals surface area contributed by atoms with E-state index in [-0.39, 0.29) is 18.6 Å². The fourth-order valence-electron chi connectivity index (χ4n) is 2.51. The van der Waals surface area contributed by atoms with Crippen molar-refractivity contribution in [1.29, 1.82) is 0 Å². The van der Waals surface area contributed by atoms with Crippen LogP contribution in [-0.4, -0.2) is 4.98 Å². The van der Waals surface area contributed by atoms with Gasteiger partial charge in [-0.2, -0.15) is 36.4 Å². The smallest absolute Gasteiger partial charge is 0.373 e. The second-order valence-corrected chi connectivity index (χ2v) is 4.62. The molecule has 0 atom stereocenters. The molecule has 0 aliphatic carbocycles. The van der Waals surface area contributed by atoms with E-state index in [0.29, 0.717) is 0 Å². The molecule has 0 amide bonds. The summed E-state index contributed by atoms with van der Waals surface area (Å²) < 4.78 is 0. The van der Waals surface area contributed by atoms with Gasteiger partial charge in [-0.05, 0) is 17.0 Å². The van der Waals surface area contributed by atoms with Crippen molar-refractivity contribution in [3.63, 3.8) is 0 Å². The Morgan fingerprint density at radius 1 is 0.750 bits per heavy atom. The first-order valence-corrected chi connectivity index (χ1v) is 6.31. The molecule has 1 radical (unpaired) electrons. The molecule has 0 spiro atoms. The molecule has 3 aromatic carbocycles. The van der Waals surface area contributed by atoms with Crippen molar-refractivity contribution >= 4 is 21.8 Å². The molecule has 1 nitrogen and oxygen atoms in total. The van der Waals surface area contributed by atoms with E-state index in [1.54, 1.807) is 0 Å². The molecule has 1 N–H and O–H groups in total. The van der Waals surface area contributed by atoms with Crippen molar-refractivity contribution in [2.24, 2.45) is 0 Å². The fourth-order valence-corrected chi connectivity index (χ4v) is 2.51. The Morgan fingerprint density at radius 3 is 2.45 bits per heavy atom. The number of aromatic nitrogens is 1. The molecule has 20 heavy (non-hydrogen) atoms. The van der Waals surface area contributed by atoms with Crippen molar-refractivity contribution in [1.82, 2.24) is 4.98 Å². The van der Waals surface area contributed by atoms with Crippen LogP contribution in [0.5, 0.6) is 0 Å². The molecule has 1 aromatic heterocycles. The van der Waals surface area contributed by atoms with Crippen molar-refractivity contribution in [2.75, 3.05) is 0 Å². The standard InChI is InChI=1S/C18H11N.V/c1-2-6-13(7-3-1)14-10-11-16-15-8-4-5-9-17(15)19-18(16)12-14;/h1-6,8-9,11-12,19H;/q-2;+2. The molecule has 0 fully saturated rings. The van der Waals surface area contributed by atoms with Gasteiger partial charge in [-0.3, -0.25) is 0 Å². The number of rotatable bonds is 1. The molecule has 4 aromatic rings. The van der Waals surface area contributed by atoms with Crippen LogP contribution in [0.15, 0.2) is 60.7 Å². The third-order valence-electron chi connectivity index (χ3n) is 3.44. The molecule has 4 rings (SSSR count). The Bertz CT molecular complexity index is 862. The number of aromatic amines is 1. The summed E-state index contributed by atoms with van der Waals surface area (Å²) in [6.45, 7) is 0. The van der Waals surface area contributed by atoms with Gasteiger partial charge in [-0.15, -0.1) is 12.1 Å². The average Bonchev–Trinajstić information content (AvgIpc) is 2.86. The van der Waals surface area contributed by atoms with E-state index in [4.69, 9.17) is 0 Å². The van der Waals surface area contributed by atoms with E-state index in [1.807, 2.05) is 24.3 Å². The van der Waals surface area contributed by atoms with Crippen molar-refractivity contribution in [3.05, 3.63) is 72.8 Å². The minimum atomic E-state index is 0. The summed E-state index contributed by atoms with van der Waals surface area (Å²) in [5, 5.41) is 2.47. The molecular weight excluding hydrogens is 281 g/mol. The first-order chi connectivity index (χ1) is 9.42. The van der Waals surface area contributed by atoms with Crippen LogP contribution in [0.4, 0.5) is 0 Å². The van der Waals surface area contributed by atoms with Gasteiger partial charge in [0.05, 0.1) is 0 Å². The van der Waals surface area contributed by atoms with Gasteiger partial charge in [-0.1, -0.05) is 23.6 Å². The second-order valence-electron chi connectivity index (χ2n) is 4.62. The van der Waals surface area contributed by atoms with Crippen LogP contribution in [0.25, 0.3) is 32.9 Å². The van der Waals surface area contributed by atoms with Gasteiger partial charge >= 0.3 is 18.6 Å². The number of benzene rings is 3. The predicted octanol–water partition coefficient (Wildman–Crippen LogP) is 4.59. The zero-order chi connectivity index (χ0) is 12.7. The summed E-state index contributed by atoms with van der Waals surface area (Å²) in [5.41, 5.74) is 4.45. The summed E-state index contributed by atoms with van der Waals surface area (Å²) >= 11 is 0. The molecule has 0 aliphatic rings. The molecule has 0 unspecified atom stereocenters. The minimum Gasteiger partial charge on any atom is -0.373 e. The maximum Gasteiger partial charge on any atom is 2.00 e. The fraction of sp³-hybridized carbons (Fsp3) is 0. The Kier molecular flexibility index (Phi) is 3.39. The third-order valence-corrected chi connectivity index (χ3v) is 3.44. The van der Waals surface area contributed by atoms with Gasteiger partial charge in [0.25, 0.3) is 0 Å². The predicted molar refractivity (Wildman–Crippen MR) is 78.9 cm³/mol. The molecule has 1 heterocycles. The Hall–Kier alpha value is -1.96. The summed E-state index contributed by atoms with van der Waals surface area (Å²) in [6, 6.07) is 27.1. The third kappa shape index (κ3) is 2.05. The minimum absolute atomic E-state index is 0. The summed E-state index contributed by atoms with van der Waals surface area (Å²) in [6.07, 6.45) is 0. The Morgan fingerprint density at radius 2 is 1.60 bits per heavy atom. The first kappa shape index (κ1) is 13.0. The van der Waals surface area contributed by atoms with Crippen LogP contribution < -0.4 is 0 Å². The summed E-state index contributed by atoms with van der Waals surface area (Å²) in [7, 11) is 0. The monoisotopic (exact) mass is 292 g/mol. The van der Waals surface area contributed by atoms with Gasteiger partial charge in [0, 0.05) is 5.52 Å². The molecule has 0 saturated heterocycles.